The second-order valence-electron chi connectivity index (χ2n) is 8.01. The quantitative estimate of drug-likeness (QED) is 0.371. The van der Waals surface area contributed by atoms with E-state index in [1.54, 1.807) is 0 Å². The summed E-state index contributed by atoms with van der Waals surface area (Å²) in [4.78, 5) is 15.7. The van der Waals surface area contributed by atoms with Crippen molar-refractivity contribution in [1.82, 2.24) is 4.90 Å². The summed E-state index contributed by atoms with van der Waals surface area (Å²) >= 11 is 0. The third-order valence-electron chi connectivity index (χ3n) is 6.08. The van der Waals surface area contributed by atoms with Crippen LogP contribution < -0.4 is 10.9 Å². The molecule has 0 aromatic heterocycles. The molecule has 30 heavy (non-hydrogen) atoms. The number of para-hydroxylation sites is 1. The molecule has 1 amide bonds. The maximum atomic E-state index is 13.4. The molecule has 4 heteroatoms. The van der Waals surface area contributed by atoms with Crippen molar-refractivity contribution in [3.63, 3.8) is 0 Å². The zero-order chi connectivity index (χ0) is 20.9. The van der Waals surface area contributed by atoms with E-state index in [0.717, 1.165) is 37.2 Å². The third-order valence-corrected chi connectivity index (χ3v) is 6.08. The summed E-state index contributed by atoms with van der Waals surface area (Å²) in [5, 5.41) is 1.38. The van der Waals surface area contributed by atoms with E-state index in [0.29, 0.717) is 0 Å². The summed E-state index contributed by atoms with van der Waals surface area (Å²) < 4.78 is 0. The highest BCUT2D eigenvalue weighted by Gasteiger charge is 2.34. The monoisotopic (exact) mass is 399 g/mol. The van der Waals surface area contributed by atoms with Crippen LogP contribution in [0, 0.1) is 0 Å². The summed E-state index contributed by atoms with van der Waals surface area (Å²) in [5.41, 5.74) is 4.27. The molecule has 1 heterocycles. The zero-order valence-corrected chi connectivity index (χ0v) is 17.4. The first-order chi connectivity index (χ1) is 14.6. The molecule has 0 spiro atoms. The third kappa shape index (κ3) is 4.30. The number of nitrogens with two attached hydrogens (primary N) is 1. The second kappa shape index (κ2) is 9.24. The lowest BCUT2D eigenvalue weighted by Gasteiger charge is -2.29. The lowest BCUT2D eigenvalue weighted by molar-refractivity contribution is -0.123. The highest BCUT2D eigenvalue weighted by atomic mass is 16.2. The van der Waals surface area contributed by atoms with Gasteiger partial charge in [0.05, 0.1) is 11.7 Å². The molecule has 1 aliphatic rings. The number of carbonyl (C=O) groups excluding carboxylic acids is 1. The molecule has 2 atom stereocenters. The van der Waals surface area contributed by atoms with Gasteiger partial charge in [0.25, 0.3) is 5.91 Å². The fourth-order valence-electron chi connectivity index (χ4n) is 4.39. The van der Waals surface area contributed by atoms with Gasteiger partial charge in [0.15, 0.2) is 0 Å². The Kier molecular flexibility index (Phi) is 6.26. The number of hydrogen-bond donors (Lipinski definition) is 1. The average molecular weight is 400 g/mol. The summed E-state index contributed by atoms with van der Waals surface area (Å²) in [6, 6.07) is 28.4. The number of carbonyl (C=O) groups is 1. The molecule has 0 radical (unpaired) electrons. The summed E-state index contributed by atoms with van der Waals surface area (Å²) in [6.45, 7) is 3.85. The Morgan fingerprint density at radius 1 is 1.00 bits per heavy atom. The van der Waals surface area contributed by atoms with Crippen LogP contribution in [-0.2, 0) is 11.3 Å². The molecule has 154 valence electrons. The maximum absolute atomic E-state index is 13.4. The number of benzene rings is 3. The lowest BCUT2D eigenvalue weighted by Crippen LogP contribution is -2.49. The summed E-state index contributed by atoms with van der Waals surface area (Å²) in [5.74, 6) is 6.56. The Morgan fingerprint density at radius 3 is 2.37 bits per heavy atom. The first-order valence-electron chi connectivity index (χ1n) is 10.7. The number of likely N-dealkylation sites (tertiary alicyclic amines) is 1. The van der Waals surface area contributed by atoms with Crippen LogP contribution in [0.15, 0.2) is 84.9 Å². The molecule has 0 saturated carbocycles. The highest BCUT2D eigenvalue weighted by molar-refractivity contribution is 5.97. The fourth-order valence-corrected chi connectivity index (χ4v) is 4.39. The number of hydrogen-bond acceptors (Lipinski definition) is 3. The van der Waals surface area contributed by atoms with Crippen LogP contribution in [0.5, 0.6) is 0 Å². The molecule has 3 aromatic carbocycles. The summed E-state index contributed by atoms with van der Waals surface area (Å²) in [6.07, 6.45) is 1.86. The minimum absolute atomic E-state index is 0.0313. The Labute approximate surface area is 178 Å². The van der Waals surface area contributed by atoms with Gasteiger partial charge in [-0.15, -0.1) is 0 Å². The van der Waals surface area contributed by atoms with Gasteiger partial charge in [-0.2, -0.15) is 0 Å². The molecule has 2 N–H and O–H groups in total. The zero-order valence-electron chi connectivity index (χ0n) is 17.4. The molecule has 1 saturated heterocycles. The minimum atomic E-state index is -0.185. The molecule has 1 unspecified atom stereocenters. The Balaban J connectivity index is 1.55. The van der Waals surface area contributed by atoms with Crippen LogP contribution in [0.4, 0.5) is 5.69 Å². The SMILES string of the molecule is CC(c1ccccc1)c1ccccc1N(N)C(=O)[C@H]1CCCN1Cc1ccccc1. The van der Waals surface area contributed by atoms with E-state index in [1.165, 1.54) is 16.1 Å². The van der Waals surface area contributed by atoms with Crippen LogP contribution in [0.1, 0.15) is 42.4 Å². The van der Waals surface area contributed by atoms with Gasteiger partial charge in [0.1, 0.15) is 0 Å². The Hall–Kier alpha value is -2.95. The van der Waals surface area contributed by atoms with Gasteiger partial charge >= 0.3 is 0 Å². The van der Waals surface area contributed by atoms with Crippen molar-refractivity contribution >= 4 is 11.6 Å². The minimum Gasteiger partial charge on any atom is -0.288 e. The normalized spacial score (nSPS) is 17.6. The maximum Gasteiger partial charge on any atom is 0.258 e. The van der Waals surface area contributed by atoms with E-state index in [9.17, 15) is 4.79 Å². The van der Waals surface area contributed by atoms with Gasteiger partial charge in [-0.3, -0.25) is 9.69 Å². The predicted molar refractivity (Wildman–Crippen MR) is 122 cm³/mol. The van der Waals surface area contributed by atoms with Gasteiger partial charge in [-0.1, -0.05) is 85.8 Å². The molecule has 1 aliphatic heterocycles. The molecular formula is C26H29N3O. The number of hydrazine groups is 1. The average Bonchev–Trinajstić information content (AvgIpc) is 3.27. The van der Waals surface area contributed by atoms with E-state index in [2.05, 4.69) is 42.2 Å². The molecule has 0 aliphatic carbocycles. The van der Waals surface area contributed by atoms with Crippen LogP contribution >= 0.6 is 0 Å². The van der Waals surface area contributed by atoms with Crippen molar-refractivity contribution in [3.05, 3.63) is 102 Å². The van der Waals surface area contributed by atoms with Crippen molar-refractivity contribution in [2.24, 2.45) is 5.84 Å². The van der Waals surface area contributed by atoms with E-state index in [4.69, 9.17) is 5.84 Å². The van der Waals surface area contributed by atoms with E-state index < -0.39 is 0 Å². The van der Waals surface area contributed by atoms with Crippen LogP contribution in [-0.4, -0.2) is 23.4 Å². The van der Waals surface area contributed by atoms with Gasteiger partial charge in [0.2, 0.25) is 0 Å². The standard InChI is InChI=1S/C26H29N3O/c1-20(22-13-6-3-7-14-22)23-15-8-9-16-24(23)29(27)26(30)25-17-10-18-28(25)19-21-11-4-2-5-12-21/h2-9,11-16,20,25H,10,17-19,27H2,1H3/t20?,25-/m1/s1. The molecule has 1 fully saturated rings. The van der Waals surface area contributed by atoms with Crippen molar-refractivity contribution in [3.8, 4) is 0 Å². The van der Waals surface area contributed by atoms with E-state index >= 15 is 0 Å². The highest BCUT2D eigenvalue weighted by Crippen LogP contribution is 2.32. The lowest BCUT2D eigenvalue weighted by atomic mass is 9.91. The van der Waals surface area contributed by atoms with Gasteiger partial charge in [-0.05, 0) is 42.1 Å². The second-order valence-corrected chi connectivity index (χ2v) is 8.01. The number of anilines is 1. The van der Waals surface area contributed by atoms with Crippen molar-refractivity contribution in [1.29, 1.82) is 0 Å². The van der Waals surface area contributed by atoms with E-state index in [1.807, 2.05) is 54.6 Å². The van der Waals surface area contributed by atoms with Crippen molar-refractivity contribution in [2.75, 3.05) is 11.6 Å². The van der Waals surface area contributed by atoms with Crippen LogP contribution in [0.25, 0.3) is 0 Å². The number of nitrogens with zero attached hydrogens (tertiary/aromatic N) is 2. The molecule has 3 aromatic rings. The van der Waals surface area contributed by atoms with Gasteiger partial charge in [-0.25, -0.2) is 10.9 Å². The molecule has 0 bridgehead atoms. The Morgan fingerprint density at radius 2 is 1.63 bits per heavy atom. The molecular weight excluding hydrogens is 370 g/mol. The van der Waals surface area contributed by atoms with Crippen LogP contribution in [0.3, 0.4) is 0 Å². The smallest absolute Gasteiger partial charge is 0.258 e. The van der Waals surface area contributed by atoms with Crippen LogP contribution in [0.2, 0.25) is 0 Å². The van der Waals surface area contributed by atoms with Crippen molar-refractivity contribution in [2.45, 2.75) is 38.3 Å². The van der Waals surface area contributed by atoms with Crippen molar-refractivity contribution < 1.29 is 4.79 Å². The summed E-state index contributed by atoms with van der Waals surface area (Å²) in [7, 11) is 0. The number of amides is 1. The topological polar surface area (TPSA) is 49.6 Å². The van der Waals surface area contributed by atoms with Gasteiger partial charge in [0, 0.05) is 12.5 Å². The molecule has 4 nitrogen and oxygen atoms in total. The predicted octanol–water partition coefficient (Wildman–Crippen LogP) is 4.71. The van der Waals surface area contributed by atoms with Gasteiger partial charge < -0.3 is 0 Å². The first-order valence-corrected chi connectivity index (χ1v) is 10.7. The number of rotatable bonds is 6. The first kappa shape index (κ1) is 20.3. The molecule has 4 rings (SSSR count). The largest absolute Gasteiger partial charge is 0.288 e. The Bertz CT molecular complexity index is 974. The van der Waals surface area contributed by atoms with E-state index in [-0.39, 0.29) is 17.9 Å². The fraction of sp³-hybridized carbons (Fsp3) is 0.269.